The highest BCUT2D eigenvalue weighted by molar-refractivity contribution is 7.89. The molecule has 0 unspecified atom stereocenters. The monoisotopic (exact) mass is 315 g/mol. The molecule has 0 spiro atoms. The predicted octanol–water partition coefficient (Wildman–Crippen LogP) is 2.24. The first-order valence-electron chi connectivity index (χ1n) is 7.15. The molecule has 0 bridgehead atoms. The molecule has 1 N–H and O–H groups in total. The van der Waals surface area contributed by atoms with E-state index in [0.717, 1.165) is 6.42 Å². The minimum atomic E-state index is -3.53. The number of benzene rings is 1. The highest BCUT2D eigenvalue weighted by Gasteiger charge is 2.22. The molecule has 0 saturated carbocycles. The zero-order valence-electron chi connectivity index (χ0n) is 13.2. The van der Waals surface area contributed by atoms with E-state index < -0.39 is 10.0 Å². The smallest absolute Gasteiger partial charge is 0.242 e. The van der Waals surface area contributed by atoms with Crippen LogP contribution in [-0.2, 0) is 16.6 Å². The van der Waals surface area contributed by atoms with Gasteiger partial charge in [-0.15, -0.1) is 0 Å². The van der Waals surface area contributed by atoms with Crippen LogP contribution in [0.5, 0.6) is 5.75 Å². The molecular weight excluding hydrogens is 290 g/mol. The summed E-state index contributed by atoms with van der Waals surface area (Å²) in [5.74, 6) is 0.958. The number of aliphatic hydroxyl groups excluding tert-OH is 1. The second kappa shape index (κ2) is 7.77. The second-order valence-corrected chi connectivity index (χ2v) is 7.41. The van der Waals surface area contributed by atoms with Crippen LogP contribution < -0.4 is 4.74 Å². The molecule has 0 aliphatic heterocycles. The van der Waals surface area contributed by atoms with E-state index in [2.05, 4.69) is 13.8 Å². The SMILES string of the molecule is CCOc1ccc(S(=O)(=O)N(C)CCC(C)C)cc1CO. The summed E-state index contributed by atoms with van der Waals surface area (Å²) in [5.41, 5.74) is 0.482. The zero-order valence-corrected chi connectivity index (χ0v) is 14.0. The first-order chi connectivity index (χ1) is 9.82. The van der Waals surface area contributed by atoms with Crippen molar-refractivity contribution >= 4 is 10.0 Å². The van der Waals surface area contributed by atoms with E-state index in [4.69, 9.17) is 4.74 Å². The molecule has 1 aromatic rings. The number of rotatable bonds is 8. The molecule has 0 radical (unpaired) electrons. The highest BCUT2D eigenvalue weighted by atomic mass is 32.2. The number of sulfonamides is 1. The summed E-state index contributed by atoms with van der Waals surface area (Å²) in [6, 6.07) is 4.59. The van der Waals surface area contributed by atoms with E-state index in [1.807, 2.05) is 6.92 Å². The minimum Gasteiger partial charge on any atom is -0.494 e. The van der Waals surface area contributed by atoms with Crippen molar-refractivity contribution < 1.29 is 18.3 Å². The Morgan fingerprint density at radius 1 is 1.33 bits per heavy atom. The Hall–Kier alpha value is -1.11. The highest BCUT2D eigenvalue weighted by Crippen LogP contribution is 2.24. The summed E-state index contributed by atoms with van der Waals surface area (Å²) in [7, 11) is -1.96. The van der Waals surface area contributed by atoms with Crippen LogP contribution in [0.2, 0.25) is 0 Å². The topological polar surface area (TPSA) is 66.8 Å². The summed E-state index contributed by atoms with van der Waals surface area (Å²) in [5, 5.41) is 9.36. The third kappa shape index (κ3) is 4.69. The van der Waals surface area contributed by atoms with Crippen LogP contribution in [0.1, 0.15) is 32.8 Å². The van der Waals surface area contributed by atoms with Crippen LogP contribution in [-0.4, -0.2) is 38.0 Å². The van der Waals surface area contributed by atoms with E-state index in [9.17, 15) is 13.5 Å². The van der Waals surface area contributed by atoms with Crippen molar-refractivity contribution in [3.63, 3.8) is 0 Å². The maximum Gasteiger partial charge on any atom is 0.242 e. The summed E-state index contributed by atoms with van der Waals surface area (Å²) < 4.78 is 31.7. The largest absolute Gasteiger partial charge is 0.494 e. The Bertz CT molecular complexity index is 555. The molecule has 0 aliphatic carbocycles. The lowest BCUT2D eigenvalue weighted by atomic mass is 10.1. The quantitative estimate of drug-likeness (QED) is 0.799. The minimum absolute atomic E-state index is 0.182. The Kier molecular flexibility index (Phi) is 6.64. The van der Waals surface area contributed by atoms with Crippen LogP contribution in [0.15, 0.2) is 23.1 Å². The van der Waals surface area contributed by atoms with Crippen molar-refractivity contribution in [3.8, 4) is 5.75 Å². The molecular formula is C15H25NO4S. The Balaban J connectivity index is 3.02. The fourth-order valence-electron chi connectivity index (χ4n) is 1.88. The molecule has 5 nitrogen and oxygen atoms in total. The third-order valence-electron chi connectivity index (χ3n) is 3.23. The van der Waals surface area contributed by atoms with Gasteiger partial charge in [0.1, 0.15) is 5.75 Å². The first kappa shape index (κ1) is 17.9. The maximum atomic E-state index is 12.5. The van der Waals surface area contributed by atoms with Crippen molar-refractivity contribution in [1.29, 1.82) is 0 Å². The Morgan fingerprint density at radius 2 is 2.00 bits per heavy atom. The molecule has 0 heterocycles. The average Bonchev–Trinajstić information content (AvgIpc) is 2.45. The molecule has 120 valence electrons. The number of aliphatic hydroxyl groups is 1. The van der Waals surface area contributed by atoms with Gasteiger partial charge in [-0.25, -0.2) is 12.7 Å². The van der Waals surface area contributed by atoms with Gasteiger partial charge in [-0.2, -0.15) is 0 Å². The van der Waals surface area contributed by atoms with Crippen LogP contribution in [0.3, 0.4) is 0 Å². The molecule has 1 aromatic carbocycles. The standard InChI is InChI=1S/C15H25NO4S/c1-5-20-15-7-6-14(10-13(15)11-17)21(18,19)16(4)9-8-12(2)3/h6-7,10,12,17H,5,8-9,11H2,1-4H3. The first-order valence-corrected chi connectivity index (χ1v) is 8.59. The lowest BCUT2D eigenvalue weighted by Gasteiger charge is -2.19. The maximum absolute atomic E-state index is 12.5. The number of hydrogen-bond donors (Lipinski definition) is 1. The van der Waals surface area contributed by atoms with E-state index >= 15 is 0 Å². The van der Waals surface area contributed by atoms with Gasteiger partial charge < -0.3 is 9.84 Å². The van der Waals surface area contributed by atoms with Gasteiger partial charge in [-0.1, -0.05) is 13.8 Å². The lowest BCUT2D eigenvalue weighted by Crippen LogP contribution is -2.28. The lowest BCUT2D eigenvalue weighted by molar-refractivity contribution is 0.266. The Labute approximate surface area is 127 Å². The van der Waals surface area contributed by atoms with Crippen molar-refractivity contribution in [2.75, 3.05) is 20.2 Å². The van der Waals surface area contributed by atoms with E-state index in [1.165, 1.54) is 16.4 Å². The summed E-state index contributed by atoms with van der Waals surface area (Å²) in [4.78, 5) is 0.182. The average molecular weight is 315 g/mol. The van der Waals surface area contributed by atoms with E-state index in [0.29, 0.717) is 30.4 Å². The zero-order chi connectivity index (χ0) is 16.0. The van der Waals surface area contributed by atoms with Gasteiger partial charge in [0.05, 0.1) is 18.1 Å². The van der Waals surface area contributed by atoms with Crippen molar-refractivity contribution in [2.24, 2.45) is 5.92 Å². The summed E-state index contributed by atoms with van der Waals surface area (Å²) >= 11 is 0. The van der Waals surface area contributed by atoms with Gasteiger partial charge in [0.25, 0.3) is 0 Å². The fourth-order valence-corrected chi connectivity index (χ4v) is 3.11. The van der Waals surface area contributed by atoms with Gasteiger partial charge >= 0.3 is 0 Å². The summed E-state index contributed by atoms with van der Waals surface area (Å²) in [6.07, 6.45) is 0.805. The van der Waals surface area contributed by atoms with Crippen LogP contribution >= 0.6 is 0 Å². The molecule has 0 saturated heterocycles. The molecule has 0 aromatic heterocycles. The number of ether oxygens (including phenoxy) is 1. The van der Waals surface area contributed by atoms with Crippen molar-refractivity contribution in [3.05, 3.63) is 23.8 Å². The number of nitrogens with zero attached hydrogens (tertiary/aromatic N) is 1. The van der Waals surface area contributed by atoms with Crippen molar-refractivity contribution in [1.82, 2.24) is 4.31 Å². The molecule has 21 heavy (non-hydrogen) atoms. The summed E-state index contributed by atoms with van der Waals surface area (Å²) in [6.45, 7) is 6.64. The predicted molar refractivity (Wildman–Crippen MR) is 82.8 cm³/mol. The molecule has 1 rings (SSSR count). The second-order valence-electron chi connectivity index (χ2n) is 5.37. The van der Waals surface area contributed by atoms with Gasteiger partial charge in [0, 0.05) is 19.2 Å². The Morgan fingerprint density at radius 3 is 2.52 bits per heavy atom. The third-order valence-corrected chi connectivity index (χ3v) is 5.08. The van der Waals surface area contributed by atoms with E-state index in [1.54, 1.807) is 13.1 Å². The molecule has 0 atom stereocenters. The van der Waals surface area contributed by atoms with E-state index in [-0.39, 0.29) is 11.5 Å². The van der Waals surface area contributed by atoms with Crippen LogP contribution in [0, 0.1) is 5.92 Å². The van der Waals surface area contributed by atoms with Crippen LogP contribution in [0.25, 0.3) is 0 Å². The van der Waals surface area contributed by atoms with Gasteiger partial charge in [-0.05, 0) is 37.5 Å². The van der Waals surface area contributed by atoms with Gasteiger partial charge in [0.15, 0.2) is 0 Å². The van der Waals surface area contributed by atoms with Gasteiger partial charge in [0.2, 0.25) is 10.0 Å². The van der Waals surface area contributed by atoms with Crippen LogP contribution in [0.4, 0.5) is 0 Å². The van der Waals surface area contributed by atoms with Crippen molar-refractivity contribution in [2.45, 2.75) is 38.7 Å². The molecule has 0 aliphatic rings. The molecule has 0 fully saturated rings. The molecule has 6 heteroatoms. The number of hydrogen-bond acceptors (Lipinski definition) is 4. The van der Waals surface area contributed by atoms with Gasteiger partial charge in [-0.3, -0.25) is 0 Å². The molecule has 0 amide bonds. The normalized spacial score (nSPS) is 12.1. The fraction of sp³-hybridized carbons (Fsp3) is 0.600.